The number of aliphatic carboxylic acids is 2. The molecule has 0 aromatic carbocycles. The van der Waals surface area contributed by atoms with Crippen molar-refractivity contribution in [3.8, 4) is 0 Å². The van der Waals surface area contributed by atoms with Gasteiger partial charge in [-0.2, -0.15) is 0 Å². The maximum Gasteiger partial charge on any atom is 0.364 e. The molecule has 8 aliphatic heterocycles. The van der Waals surface area contributed by atoms with E-state index in [1.54, 1.807) is 0 Å². The van der Waals surface area contributed by atoms with Crippen LogP contribution >= 0.6 is 0 Å². The van der Waals surface area contributed by atoms with Crippen LogP contribution in [0.2, 0.25) is 0 Å². The van der Waals surface area contributed by atoms with E-state index >= 15 is 0 Å². The monoisotopic (exact) mass is 1640 g/mol. The summed E-state index contributed by atoms with van der Waals surface area (Å²) in [6.45, 7) is -3.27. The summed E-state index contributed by atoms with van der Waals surface area (Å²) in [6, 6.07) is -7.36. The van der Waals surface area contributed by atoms with Gasteiger partial charge in [0.2, 0.25) is 23.6 Å². The Morgan fingerprint density at radius 3 is 1.20 bits per heavy atom. The highest BCUT2D eigenvalue weighted by atomic mass is 16.8. The lowest BCUT2D eigenvalue weighted by atomic mass is 9.88. The van der Waals surface area contributed by atoms with Crippen LogP contribution in [-0.2, 0) is 99.8 Å². The molecule has 112 heavy (non-hydrogen) atoms. The number of rotatable bonds is 31. The number of carboxylic acid groups (broad SMARTS) is 2. The molecule has 29 N–H and O–H groups in total. The van der Waals surface area contributed by atoms with Crippen LogP contribution < -0.4 is 21.3 Å². The van der Waals surface area contributed by atoms with Crippen LogP contribution in [0.5, 0.6) is 0 Å². The molecule has 50 nitrogen and oxygen atoms in total. The van der Waals surface area contributed by atoms with Crippen molar-refractivity contribution < 1.29 is 227 Å². The fraction of sp³-hybridized carbons (Fsp3) is 0.903. The van der Waals surface area contributed by atoms with Crippen LogP contribution in [0.25, 0.3) is 0 Å². The summed E-state index contributed by atoms with van der Waals surface area (Å²) >= 11 is 0. The number of nitrogens with one attached hydrogen (secondary N) is 4. The Labute approximate surface area is 633 Å². The van der Waals surface area contributed by atoms with Crippen molar-refractivity contribution in [3.05, 3.63) is 0 Å². The average Bonchev–Trinajstić information content (AvgIpc) is 0.743. The lowest BCUT2D eigenvalue weighted by Gasteiger charge is -2.52. The van der Waals surface area contributed by atoms with E-state index in [1.807, 2.05) is 0 Å². The third kappa shape index (κ3) is 20.2. The lowest BCUT2D eigenvalue weighted by Crippen LogP contribution is -2.72. The van der Waals surface area contributed by atoms with Gasteiger partial charge in [-0.1, -0.05) is 0 Å². The van der Waals surface area contributed by atoms with Crippen LogP contribution in [0.3, 0.4) is 0 Å². The predicted molar refractivity (Wildman–Crippen MR) is 344 cm³/mol. The number of hydrogen-bond acceptors (Lipinski definition) is 44. The predicted octanol–water partition coefficient (Wildman–Crippen LogP) is -18.4. The van der Waals surface area contributed by atoms with E-state index in [4.69, 9.17) is 71.1 Å². The van der Waals surface area contributed by atoms with Crippen LogP contribution in [0.4, 0.5) is 0 Å². The molecular weight excluding hydrogens is 1540 g/mol. The second-order valence-electron chi connectivity index (χ2n) is 28.2. The smallest absolute Gasteiger partial charge is 0.364 e. The molecule has 50 heteroatoms. The molecule has 8 saturated heterocycles. The van der Waals surface area contributed by atoms with Gasteiger partial charge < -0.3 is 220 Å². The van der Waals surface area contributed by atoms with Gasteiger partial charge in [-0.3, -0.25) is 19.2 Å². The third-order valence-corrected chi connectivity index (χ3v) is 20.1. The summed E-state index contributed by atoms with van der Waals surface area (Å²) in [5.41, 5.74) is 0. The van der Waals surface area contributed by atoms with Crippen LogP contribution in [0.1, 0.15) is 47.5 Å². The molecule has 0 aromatic rings. The minimum atomic E-state index is -3.31. The highest BCUT2D eigenvalue weighted by molar-refractivity contribution is 5.78. The lowest BCUT2D eigenvalue weighted by molar-refractivity contribution is -0.398. The highest BCUT2D eigenvalue weighted by Crippen LogP contribution is 2.43. The second kappa shape index (κ2) is 39.2. The first kappa shape index (κ1) is 92.8. The summed E-state index contributed by atoms with van der Waals surface area (Å²) in [7, 11) is 0. The molecule has 0 unspecified atom stereocenters. The first-order valence-electron chi connectivity index (χ1n) is 35.2. The number of aliphatic hydroxyl groups excluding tert-OH is 23. The van der Waals surface area contributed by atoms with Gasteiger partial charge in [-0.25, -0.2) is 9.59 Å². The maximum atomic E-state index is 13.3. The molecular formula is C62H102N4O46. The molecule has 8 fully saturated rings. The van der Waals surface area contributed by atoms with Crippen molar-refractivity contribution in [2.24, 2.45) is 0 Å². The zero-order valence-electron chi connectivity index (χ0n) is 60.2. The Hall–Kier alpha value is -4.70. The van der Waals surface area contributed by atoms with Crippen molar-refractivity contribution in [1.29, 1.82) is 0 Å². The molecule has 8 heterocycles. The summed E-state index contributed by atoms with van der Waals surface area (Å²) in [5.74, 6) is -14.5. The third-order valence-electron chi connectivity index (χ3n) is 20.1. The van der Waals surface area contributed by atoms with Crippen molar-refractivity contribution >= 4 is 35.6 Å². The van der Waals surface area contributed by atoms with E-state index in [0.717, 1.165) is 27.7 Å². The molecule has 0 bridgehead atoms. The van der Waals surface area contributed by atoms with E-state index in [1.165, 1.54) is 6.92 Å². The van der Waals surface area contributed by atoms with Crippen molar-refractivity contribution in [2.75, 3.05) is 46.2 Å². The van der Waals surface area contributed by atoms with Gasteiger partial charge in [-0.15, -0.1) is 0 Å². The van der Waals surface area contributed by atoms with Crippen molar-refractivity contribution in [2.45, 2.75) is 304 Å². The van der Waals surface area contributed by atoms with Gasteiger partial charge in [0.05, 0.1) is 76.6 Å². The van der Waals surface area contributed by atoms with Gasteiger partial charge in [0.1, 0.15) is 177 Å². The number of ether oxygens (including phenoxy) is 15. The first-order chi connectivity index (χ1) is 52.6. The molecule has 4 amide bonds. The molecule has 0 aliphatic carbocycles. The zero-order valence-corrected chi connectivity index (χ0v) is 60.2. The summed E-state index contributed by atoms with van der Waals surface area (Å²) in [6.07, 6.45) is -80.2. The second-order valence-corrected chi connectivity index (χ2v) is 28.2. The molecule has 0 saturated carbocycles. The van der Waals surface area contributed by atoms with E-state index in [2.05, 4.69) is 21.3 Å². The first-order valence-corrected chi connectivity index (χ1v) is 35.2. The maximum absolute atomic E-state index is 13.3. The number of carbonyl (C=O) groups is 6. The molecule has 8 aliphatic rings. The van der Waals surface area contributed by atoms with Gasteiger partial charge in [0.25, 0.3) is 11.6 Å². The van der Waals surface area contributed by atoms with E-state index in [0.29, 0.717) is 0 Å². The summed E-state index contributed by atoms with van der Waals surface area (Å²) in [4.78, 5) is 76.9. The Bertz CT molecular complexity index is 3090. The van der Waals surface area contributed by atoms with Gasteiger partial charge in [-0.05, 0) is 6.92 Å². The largest absolute Gasteiger partial charge is 0.477 e. The standard InChI is InChI=1S/C62H102N4O46/c1-15-33(81)40(88)42(90)56(99-15)107-49-32(66-19(5)76)55(104-27(13-72)46(49)106-58-44(92)51(38(86)25(11-70)102-58)112-62(60(96)97)7-21(78)30(64-17(3)74)48(110-62)35(83)23(80)9-68)108-52-41(89)36(84)28(100-53(52)93)14-98-54-31(65-18(4)75)39(87)45(26(12-71)103-54)105-57-43(91)50(37(85)24(10-69)101-57)111-61(59(94)95)6-20(77)29(63-16(2)73)47(109-61)34(82)22(79)8-67/h15,20-58,67-72,77-93H,6-14H2,1-5H3,(H,63,73)(H,64,74)(H,65,75)(H,66,76)(H,94,95)(H,96,97)/t15-,20-,21-,22+,23+,24+,25+,26+,27+,28+,29+,30+,31+,32+,33+,34+,35+,36+,37-,38-,39+,40+,41-,42-,43+,44+,45+,46+,47+,48+,49+,50-,51-,52-,53-,54+,55-,56-,57-,58-,61-,62-/m0/s1. The topological polar surface area (TPSA) is 795 Å². The van der Waals surface area contributed by atoms with Gasteiger partial charge in [0.15, 0.2) is 37.7 Å². The Morgan fingerprint density at radius 1 is 0.384 bits per heavy atom. The van der Waals surface area contributed by atoms with Gasteiger partial charge in [0, 0.05) is 40.5 Å². The number of aliphatic hydroxyl groups is 23. The molecule has 0 radical (unpaired) electrons. The molecule has 8 rings (SSSR count). The molecule has 0 spiro atoms. The fourth-order valence-electron chi connectivity index (χ4n) is 14.3. The Morgan fingerprint density at radius 2 is 0.768 bits per heavy atom. The highest BCUT2D eigenvalue weighted by Gasteiger charge is 2.64. The van der Waals surface area contributed by atoms with Crippen LogP contribution in [0, 0.1) is 0 Å². The summed E-state index contributed by atoms with van der Waals surface area (Å²) < 4.78 is 87.6. The fourth-order valence-corrected chi connectivity index (χ4v) is 14.3. The van der Waals surface area contributed by atoms with Crippen molar-refractivity contribution in [1.82, 2.24) is 21.3 Å². The quantitative estimate of drug-likeness (QED) is 0.0306. The van der Waals surface area contributed by atoms with Gasteiger partial charge >= 0.3 is 11.9 Å². The Balaban J connectivity index is 1.02. The minimum Gasteiger partial charge on any atom is -0.477 e. The average molecular weight is 1640 g/mol. The Kier molecular flexibility index (Phi) is 32.5. The number of carboxylic acids is 2. The molecule has 42 atom stereocenters. The summed E-state index contributed by atoms with van der Waals surface area (Å²) in [5, 5.41) is 285. The molecule has 0 aromatic heterocycles. The normalized spacial score (nSPS) is 45.9. The minimum absolute atomic E-state index is 0.854. The number of hydrogen-bond donors (Lipinski definition) is 29. The van der Waals surface area contributed by atoms with Crippen molar-refractivity contribution in [3.63, 3.8) is 0 Å². The van der Waals surface area contributed by atoms with E-state index in [-0.39, 0.29) is 0 Å². The number of amides is 4. The van der Waals surface area contributed by atoms with E-state index < -0.39 is 351 Å². The van der Waals surface area contributed by atoms with Crippen LogP contribution in [-0.4, -0.2) is 466 Å². The van der Waals surface area contributed by atoms with Crippen LogP contribution in [0.15, 0.2) is 0 Å². The SMILES string of the molecule is CC(=O)N[C@H]1[C@H](OC[C@H]2O[C@H](O)[C@@H](O[C@@H]3O[C@H](CO)[C@@H](O[C@@H]4O[C@H](CO)[C@H](O)[C@H](O[C@]5(C(=O)O)C[C@H](O)[C@@H](NC(C)=O)[C@H]([C@H](O)[C@H](O)CO)O5)[C@H]4O)[C@H](O[C@@H]4O[C@@H](C)[C@@H](O)[C@@H](O)[C@@H]4O)[C@H]3NC(C)=O)[C@@H](O)[C@@H]2O)O[C@H](CO)[C@@H](O[C@@H]2O[C@H](CO)[C@H](O)[C@H](O[C@]3(C(=O)O)C[C@H](O)[C@@H](NC(C)=O)[C@H]([C@H](O)[C@H](O)CO)O3)[C@H]2O)[C@@H]1O. The molecule has 646 valence electrons. The van der Waals surface area contributed by atoms with E-state index in [9.17, 15) is 156 Å². The zero-order chi connectivity index (χ0) is 83.4. The number of carbonyl (C=O) groups excluding carboxylic acids is 4.